The molecule has 0 fully saturated rings. The monoisotopic (exact) mass is 475 g/mol. The van der Waals surface area contributed by atoms with Crippen molar-refractivity contribution in [3.63, 3.8) is 0 Å². The van der Waals surface area contributed by atoms with Crippen LogP contribution < -0.4 is 10.6 Å². The Hall–Kier alpha value is -4.37. The fourth-order valence-electron chi connectivity index (χ4n) is 3.35. The first kappa shape index (κ1) is 21.5. The summed E-state index contributed by atoms with van der Waals surface area (Å²) in [6.45, 7) is 0. The van der Waals surface area contributed by atoms with E-state index in [0.717, 1.165) is 0 Å². The highest BCUT2D eigenvalue weighted by molar-refractivity contribution is 7.80. The second-order valence-corrected chi connectivity index (χ2v) is 7.64. The van der Waals surface area contributed by atoms with Crippen LogP contribution in [-0.4, -0.2) is 16.0 Å². The normalized spacial score (nSPS) is 10.9. The standard InChI is InChI=1S/C25H15F2N3O3S/c26-17-7-3-1-5-15(17)20-11-12-22(32-20)23(31)30-25(34)28-14-9-10-21-19(13-14)29-24(33-21)16-6-2-4-8-18(16)27/h1-13H,(H2,28,30,31,34). The third-order valence-corrected chi connectivity index (χ3v) is 5.15. The van der Waals surface area contributed by atoms with Crippen molar-refractivity contribution in [3.8, 4) is 22.8 Å². The summed E-state index contributed by atoms with van der Waals surface area (Å²) < 4.78 is 39.1. The van der Waals surface area contributed by atoms with Crippen LogP contribution in [0.4, 0.5) is 14.5 Å². The molecule has 6 nitrogen and oxygen atoms in total. The van der Waals surface area contributed by atoms with Crippen molar-refractivity contribution < 1.29 is 22.4 Å². The van der Waals surface area contributed by atoms with E-state index in [1.54, 1.807) is 54.6 Å². The lowest BCUT2D eigenvalue weighted by molar-refractivity contribution is 0.0951. The first-order chi connectivity index (χ1) is 16.5. The number of thiocarbonyl (C=S) groups is 1. The van der Waals surface area contributed by atoms with Crippen molar-refractivity contribution >= 4 is 40.0 Å². The van der Waals surface area contributed by atoms with Crippen LogP contribution in [0.25, 0.3) is 33.9 Å². The molecule has 0 atom stereocenters. The quantitative estimate of drug-likeness (QED) is 0.303. The molecule has 0 bridgehead atoms. The Morgan fingerprint density at radius 1 is 0.853 bits per heavy atom. The van der Waals surface area contributed by atoms with E-state index in [4.69, 9.17) is 21.1 Å². The smallest absolute Gasteiger partial charge is 0.293 e. The van der Waals surface area contributed by atoms with Gasteiger partial charge in [-0.1, -0.05) is 24.3 Å². The van der Waals surface area contributed by atoms with Crippen LogP contribution >= 0.6 is 12.2 Å². The van der Waals surface area contributed by atoms with Crippen LogP contribution in [0.3, 0.4) is 0 Å². The summed E-state index contributed by atoms with van der Waals surface area (Å²) in [6.07, 6.45) is 0. The topological polar surface area (TPSA) is 80.3 Å². The number of carbonyl (C=O) groups excluding carboxylic acids is 1. The third kappa shape index (κ3) is 4.28. The second-order valence-electron chi connectivity index (χ2n) is 7.23. The summed E-state index contributed by atoms with van der Waals surface area (Å²) in [7, 11) is 0. The fourth-order valence-corrected chi connectivity index (χ4v) is 3.56. The number of oxazole rings is 1. The molecule has 5 aromatic rings. The van der Waals surface area contributed by atoms with Gasteiger partial charge in [0, 0.05) is 5.69 Å². The molecule has 34 heavy (non-hydrogen) atoms. The predicted molar refractivity (Wildman–Crippen MR) is 127 cm³/mol. The molecule has 1 amide bonds. The number of nitrogens with zero attached hydrogens (tertiary/aromatic N) is 1. The number of anilines is 1. The molecule has 2 heterocycles. The molecule has 3 aromatic carbocycles. The Bertz CT molecular complexity index is 1540. The molecule has 0 radical (unpaired) electrons. The lowest BCUT2D eigenvalue weighted by Gasteiger charge is -2.08. The molecule has 0 aliphatic heterocycles. The molecule has 9 heteroatoms. The van der Waals surface area contributed by atoms with Crippen molar-refractivity contribution in [1.29, 1.82) is 0 Å². The number of hydrogen-bond donors (Lipinski definition) is 2. The van der Waals surface area contributed by atoms with Crippen LogP contribution in [-0.2, 0) is 0 Å². The van der Waals surface area contributed by atoms with Crippen LogP contribution in [0.15, 0.2) is 87.7 Å². The molecule has 0 saturated carbocycles. The number of aromatic nitrogens is 1. The molecule has 2 aromatic heterocycles. The van der Waals surface area contributed by atoms with E-state index in [1.807, 2.05) is 0 Å². The lowest BCUT2D eigenvalue weighted by Crippen LogP contribution is -2.33. The first-order valence-corrected chi connectivity index (χ1v) is 10.5. The second kappa shape index (κ2) is 8.87. The summed E-state index contributed by atoms with van der Waals surface area (Å²) in [5.41, 5.74) is 1.99. The molecular formula is C25H15F2N3O3S. The number of nitrogens with one attached hydrogen (secondary N) is 2. The van der Waals surface area contributed by atoms with Crippen LogP contribution in [0.5, 0.6) is 0 Å². The Kier molecular flexibility index (Phi) is 5.60. The SMILES string of the molecule is O=C(NC(=S)Nc1ccc2oc(-c3ccccc3F)nc2c1)c1ccc(-c2ccccc2F)o1. The van der Waals surface area contributed by atoms with Gasteiger partial charge in [-0.25, -0.2) is 13.8 Å². The number of fused-ring (bicyclic) bond motifs is 1. The summed E-state index contributed by atoms with van der Waals surface area (Å²) >= 11 is 5.22. The number of rotatable bonds is 4. The highest BCUT2D eigenvalue weighted by Crippen LogP contribution is 2.28. The number of furan rings is 1. The molecule has 0 aliphatic rings. The van der Waals surface area contributed by atoms with Crippen molar-refractivity contribution in [1.82, 2.24) is 10.3 Å². The molecular weight excluding hydrogens is 460 g/mol. The summed E-state index contributed by atoms with van der Waals surface area (Å²) in [5.74, 6) is -1.13. The van der Waals surface area contributed by atoms with Gasteiger partial charge in [-0.15, -0.1) is 0 Å². The first-order valence-electron chi connectivity index (χ1n) is 10.1. The molecule has 0 saturated heterocycles. The minimum absolute atomic E-state index is 0.0195. The maximum absolute atomic E-state index is 14.0. The van der Waals surface area contributed by atoms with Gasteiger partial charge in [0.15, 0.2) is 16.5 Å². The van der Waals surface area contributed by atoms with Gasteiger partial charge >= 0.3 is 0 Å². The fraction of sp³-hybridized carbons (Fsp3) is 0. The maximum atomic E-state index is 14.0. The van der Waals surface area contributed by atoms with E-state index in [-0.39, 0.29) is 33.7 Å². The third-order valence-electron chi connectivity index (χ3n) is 4.95. The molecule has 0 unspecified atom stereocenters. The lowest BCUT2D eigenvalue weighted by atomic mass is 10.1. The Labute approximate surface area is 197 Å². The van der Waals surface area contributed by atoms with Crippen LogP contribution in [0.2, 0.25) is 0 Å². The molecule has 168 valence electrons. The van der Waals surface area contributed by atoms with Crippen LogP contribution in [0.1, 0.15) is 10.6 Å². The van der Waals surface area contributed by atoms with Gasteiger partial charge in [0.2, 0.25) is 5.89 Å². The van der Waals surface area contributed by atoms with Crippen LogP contribution in [0, 0.1) is 11.6 Å². The average molecular weight is 475 g/mol. The highest BCUT2D eigenvalue weighted by atomic mass is 32.1. The van der Waals surface area contributed by atoms with Crippen molar-refractivity contribution in [3.05, 3.63) is 96.3 Å². The van der Waals surface area contributed by atoms with Gasteiger partial charge < -0.3 is 14.2 Å². The maximum Gasteiger partial charge on any atom is 0.293 e. The van der Waals surface area contributed by atoms with Crippen molar-refractivity contribution in [2.24, 2.45) is 0 Å². The van der Waals surface area contributed by atoms with E-state index in [9.17, 15) is 13.6 Å². The van der Waals surface area contributed by atoms with Crippen molar-refractivity contribution in [2.45, 2.75) is 0 Å². The van der Waals surface area contributed by atoms with Gasteiger partial charge in [-0.2, -0.15) is 0 Å². The molecule has 2 N–H and O–H groups in total. The number of halogens is 2. The van der Waals surface area contributed by atoms with Gasteiger partial charge in [-0.05, 0) is 66.8 Å². The van der Waals surface area contributed by atoms with Gasteiger partial charge in [0.25, 0.3) is 5.91 Å². The number of benzene rings is 3. The van der Waals surface area contributed by atoms with E-state index >= 15 is 0 Å². The minimum atomic E-state index is -0.593. The Morgan fingerprint density at radius 2 is 1.56 bits per heavy atom. The Morgan fingerprint density at radius 3 is 2.29 bits per heavy atom. The average Bonchev–Trinajstić information content (AvgIpc) is 3.47. The van der Waals surface area contributed by atoms with Gasteiger partial charge in [0.05, 0.1) is 11.1 Å². The van der Waals surface area contributed by atoms with Gasteiger partial charge in [0.1, 0.15) is 22.9 Å². The summed E-state index contributed by atoms with van der Waals surface area (Å²) in [4.78, 5) is 16.8. The van der Waals surface area contributed by atoms with Gasteiger partial charge in [-0.3, -0.25) is 10.1 Å². The number of amides is 1. The van der Waals surface area contributed by atoms with E-state index in [0.29, 0.717) is 16.8 Å². The number of carbonyl (C=O) groups is 1. The molecule has 0 aliphatic carbocycles. The minimum Gasteiger partial charge on any atom is -0.451 e. The summed E-state index contributed by atoms with van der Waals surface area (Å²) in [5, 5.41) is 5.42. The predicted octanol–water partition coefficient (Wildman–Crippen LogP) is 6.16. The molecule has 5 rings (SSSR count). The van der Waals surface area contributed by atoms with E-state index in [2.05, 4.69) is 15.6 Å². The zero-order valence-electron chi connectivity index (χ0n) is 17.3. The Balaban J connectivity index is 1.28. The molecule has 0 spiro atoms. The van der Waals surface area contributed by atoms with E-state index in [1.165, 1.54) is 24.3 Å². The van der Waals surface area contributed by atoms with E-state index < -0.39 is 17.5 Å². The van der Waals surface area contributed by atoms with Crippen molar-refractivity contribution in [2.75, 3.05) is 5.32 Å². The number of hydrogen-bond acceptors (Lipinski definition) is 5. The zero-order valence-corrected chi connectivity index (χ0v) is 18.2. The summed E-state index contributed by atoms with van der Waals surface area (Å²) in [6, 6.07) is 20.2. The largest absolute Gasteiger partial charge is 0.451 e. The highest BCUT2D eigenvalue weighted by Gasteiger charge is 2.16. The zero-order chi connectivity index (χ0) is 23.7.